The Morgan fingerprint density at radius 1 is 1.19 bits per heavy atom. The molecule has 2 rings (SSSR count). The van der Waals surface area contributed by atoms with Crippen LogP contribution in [0.5, 0.6) is 0 Å². The van der Waals surface area contributed by atoms with Crippen LogP contribution >= 0.6 is 15.9 Å². The number of nitrogens with one attached hydrogen (secondary N) is 1. The molecule has 0 saturated heterocycles. The summed E-state index contributed by atoms with van der Waals surface area (Å²) in [5.41, 5.74) is 0.784. The molecule has 0 fully saturated rings. The Bertz CT molecular complexity index is 718. The van der Waals surface area contributed by atoms with E-state index in [1.807, 2.05) is 25.1 Å². The summed E-state index contributed by atoms with van der Waals surface area (Å²) < 4.78 is 39.1. The Morgan fingerprint density at radius 2 is 1.90 bits per heavy atom. The molecule has 6 heteroatoms. The molecule has 2 aromatic carbocycles. The fourth-order valence-corrected chi connectivity index (χ4v) is 2.23. The fourth-order valence-electron chi connectivity index (χ4n) is 1.86. The van der Waals surface area contributed by atoms with E-state index in [9.17, 15) is 13.2 Å². The van der Waals surface area contributed by atoms with Gasteiger partial charge in [-0.25, -0.2) is 0 Å². The van der Waals surface area contributed by atoms with E-state index in [-0.39, 0.29) is 0 Å². The van der Waals surface area contributed by atoms with E-state index in [0.29, 0.717) is 5.69 Å². The van der Waals surface area contributed by atoms with Gasteiger partial charge in [0.2, 0.25) is 0 Å². The van der Waals surface area contributed by atoms with Crippen molar-refractivity contribution in [2.24, 2.45) is 0 Å². The SMILES string of the molecule is Cc1c(Br)cccc1Nc1ccc(C(F)(F)F)c(C#N)c1. The lowest BCUT2D eigenvalue weighted by Crippen LogP contribution is -2.08. The minimum atomic E-state index is -4.53. The van der Waals surface area contributed by atoms with Gasteiger partial charge in [0.05, 0.1) is 17.2 Å². The normalized spacial score (nSPS) is 11.0. The van der Waals surface area contributed by atoms with Gasteiger partial charge in [-0.05, 0) is 42.8 Å². The summed E-state index contributed by atoms with van der Waals surface area (Å²) in [5, 5.41) is 11.9. The van der Waals surface area contributed by atoms with Crippen molar-refractivity contribution in [1.82, 2.24) is 0 Å². The molecule has 2 nitrogen and oxygen atoms in total. The van der Waals surface area contributed by atoms with E-state index in [0.717, 1.165) is 21.8 Å². The number of hydrogen-bond acceptors (Lipinski definition) is 2. The van der Waals surface area contributed by atoms with Gasteiger partial charge in [-0.15, -0.1) is 0 Å². The second-order valence-corrected chi connectivity index (χ2v) is 5.26. The second-order valence-electron chi connectivity index (χ2n) is 4.41. The summed E-state index contributed by atoms with van der Waals surface area (Å²) in [6.45, 7) is 1.88. The van der Waals surface area contributed by atoms with Crippen LogP contribution in [0.4, 0.5) is 24.5 Å². The Labute approximate surface area is 128 Å². The average molecular weight is 355 g/mol. The summed E-state index contributed by atoms with van der Waals surface area (Å²) in [6.07, 6.45) is -4.53. The quantitative estimate of drug-likeness (QED) is 0.784. The molecule has 2 aromatic rings. The van der Waals surface area contributed by atoms with Gasteiger partial charge in [0.25, 0.3) is 0 Å². The van der Waals surface area contributed by atoms with Crippen LogP contribution in [-0.4, -0.2) is 0 Å². The van der Waals surface area contributed by atoms with Crippen molar-refractivity contribution in [1.29, 1.82) is 5.26 Å². The maximum atomic E-state index is 12.7. The predicted octanol–water partition coefficient (Wildman–Crippen LogP) is 5.39. The van der Waals surface area contributed by atoms with Crippen molar-refractivity contribution in [2.75, 3.05) is 5.32 Å². The highest BCUT2D eigenvalue weighted by Gasteiger charge is 2.33. The number of nitriles is 1. The van der Waals surface area contributed by atoms with Crippen LogP contribution in [0.3, 0.4) is 0 Å². The van der Waals surface area contributed by atoms with Crippen molar-refractivity contribution >= 4 is 27.3 Å². The van der Waals surface area contributed by atoms with Crippen LogP contribution in [0, 0.1) is 18.3 Å². The van der Waals surface area contributed by atoms with Crippen LogP contribution in [0.2, 0.25) is 0 Å². The molecule has 0 amide bonds. The lowest BCUT2D eigenvalue weighted by Gasteiger charge is -2.13. The van der Waals surface area contributed by atoms with Crippen molar-refractivity contribution < 1.29 is 13.2 Å². The Balaban J connectivity index is 2.39. The van der Waals surface area contributed by atoms with Gasteiger partial charge in [-0.3, -0.25) is 0 Å². The molecular formula is C15H10BrF3N2. The number of alkyl halides is 3. The minimum absolute atomic E-state index is 0.403. The maximum absolute atomic E-state index is 12.7. The van der Waals surface area contributed by atoms with Crippen LogP contribution in [0.25, 0.3) is 0 Å². The molecule has 0 bridgehead atoms. The first kappa shape index (κ1) is 15.4. The number of nitrogens with zero attached hydrogens (tertiary/aromatic N) is 1. The van der Waals surface area contributed by atoms with Crippen LogP contribution in [0.15, 0.2) is 40.9 Å². The second kappa shape index (κ2) is 5.78. The third kappa shape index (κ3) is 3.37. The fraction of sp³-hybridized carbons (Fsp3) is 0.133. The van der Waals surface area contributed by atoms with Gasteiger partial charge in [-0.2, -0.15) is 18.4 Å². The van der Waals surface area contributed by atoms with E-state index in [1.165, 1.54) is 12.1 Å². The third-order valence-corrected chi connectivity index (χ3v) is 3.85. The van der Waals surface area contributed by atoms with E-state index in [2.05, 4.69) is 21.2 Å². The van der Waals surface area contributed by atoms with E-state index < -0.39 is 17.3 Å². The molecule has 0 atom stereocenters. The molecule has 0 spiro atoms. The monoisotopic (exact) mass is 354 g/mol. The minimum Gasteiger partial charge on any atom is -0.355 e. The average Bonchev–Trinajstić information content (AvgIpc) is 2.42. The number of rotatable bonds is 2. The zero-order chi connectivity index (χ0) is 15.6. The summed E-state index contributed by atoms with van der Waals surface area (Å²) in [6, 6.07) is 10.5. The van der Waals surface area contributed by atoms with Crippen LogP contribution < -0.4 is 5.32 Å². The first-order valence-electron chi connectivity index (χ1n) is 5.96. The van der Waals surface area contributed by atoms with Gasteiger partial charge in [0.1, 0.15) is 0 Å². The molecule has 108 valence electrons. The van der Waals surface area contributed by atoms with Crippen molar-refractivity contribution in [3.05, 3.63) is 57.6 Å². The molecular weight excluding hydrogens is 345 g/mol. The first-order valence-corrected chi connectivity index (χ1v) is 6.75. The van der Waals surface area contributed by atoms with Crippen molar-refractivity contribution in [2.45, 2.75) is 13.1 Å². The summed E-state index contributed by atoms with van der Waals surface area (Å²) in [5.74, 6) is 0. The number of benzene rings is 2. The highest BCUT2D eigenvalue weighted by Crippen LogP contribution is 2.34. The highest BCUT2D eigenvalue weighted by molar-refractivity contribution is 9.10. The summed E-state index contributed by atoms with van der Waals surface area (Å²) in [4.78, 5) is 0. The third-order valence-electron chi connectivity index (χ3n) is 2.99. The molecule has 0 aliphatic carbocycles. The van der Waals surface area contributed by atoms with Gasteiger partial charge >= 0.3 is 6.18 Å². The molecule has 0 saturated carbocycles. The van der Waals surface area contributed by atoms with Gasteiger partial charge in [0, 0.05) is 15.8 Å². The Morgan fingerprint density at radius 3 is 2.52 bits per heavy atom. The van der Waals surface area contributed by atoms with E-state index in [4.69, 9.17) is 5.26 Å². The lowest BCUT2D eigenvalue weighted by molar-refractivity contribution is -0.137. The van der Waals surface area contributed by atoms with Crippen molar-refractivity contribution in [3.8, 4) is 6.07 Å². The smallest absolute Gasteiger partial charge is 0.355 e. The molecule has 0 aliphatic rings. The molecule has 0 aliphatic heterocycles. The van der Waals surface area contributed by atoms with E-state index in [1.54, 1.807) is 6.07 Å². The zero-order valence-corrected chi connectivity index (χ0v) is 12.5. The molecule has 0 aromatic heterocycles. The molecule has 0 heterocycles. The highest BCUT2D eigenvalue weighted by atomic mass is 79.9. The summed E-state index contributed by atoms with van der Waals surface area (Å²) >= 11 is 3.38. The largest absolute Gasteiger partial charge is 0.417 e. The topological polar surface area (TPSA) is 35.8 Å². The van der Waals surface area contributed by atoms with Crippen LogP contribution in [-0.2, 0) is 6.18 Å². The zero-order valence-electron chi connectivity index (χ0n) is 10.9. The first-order chi connectivity index (χ1) is 9.82. The number of halogens is 4. The molecule has 0 radical (unpaired) electrons. The number of hydrogen-bond donors (Lipinski definition) is 1. The predicted molar refractivity (Wildman–Crippen MR) is 78.3 cm³/mol. The van der Waals surface area contributed by atoms with Crippen LogP contribution in [0.1, 0.15) is 16.7 Å². The van der Waals surface area contributed by atoms with Gasteiger partial charge < -0.3 is 5.32 Å². The number of anilines is 2. The van der Waals surface area contributed by atoms with Gasteiger partial charge in [-0.1, -0.05) is 22.0 Å². The summed E-state index contributed by atoms with van der Waals surface area (Å²) in [7, 11) is 0. The van der Waals surface area contributed by atoms with E-state index >= 15 is 0 Å². The van der Waals surface area contributed by atoms with Gasteiger partial charge in [0.15, 0.2) is 0 Å². The Hall–Kier alpha value is -2.00. The standard InChI is InChI=1S/C15H10BrF3N2/c1-9-13(16)3-2-4-14(9)21-11-5-6-12(15(17,18)19)10(7-11)8-20/h2-7,21H,1H3. The molecule has 21 heavy (non-hydrogen) atoms. The lowest BCUT2D eigenvalue weighted by atomic mass is 10.1. The molecule has 0 unspecified atom stereocenters. The maximum Gasteiger partial charge on any atom is 0.417 e. The Kier molecular flexibility index (Phi) is 4.24. The molecule has 1 N–H and O–H groups in total. The van der Waals surface area contributed by atoms with Crippen molar-refractivity contribution in [3.63, 3.8) is 0 Å².